The smallest absolute Gasteiger partial charge is 0.345 e. The quantitative estimate of drug-likeness (QED) is 0.181. The Morgan fingerprint density at radius 3 is 2.27 bits per heavy atom. The van der Waals surface area contributed by atoms with Crippen LogP contribution in [0.15, 0.2) is 84.4 Å². The van der Waals surface area contributed by atoms with E-state index in [9.17, 15) is 10.0 Å². The Morgan fingerprint density at radius 1 is 0.909 bits per heavy atom. The number of rotatable bonds is 8. The van der Waals surface area contributed by atoms with Gasteiger partial charge in [-0.15, -0.1) is 0 Å². The highest BCUT2D eigenvalue weighted by atomic mass is 16.5. The Bertz CT molecular complexity index is 1190. The lowest BCUT2D eigenvalue weighted by Gasteiger charge is -2.09. The number of carbonyl (C=O) groups is 1. The highest BCUT2D eigenvalue weighted by Crippen LogP contribution is 2.39. The van der Waals surface area contributed by atoms with Gasteiger partial charge in [0.05, 0.1) is 25.4 Å². The zero-order valence-corrected chi connectivity index (χ0v) is 19.0. The van der Waals surface area contributed by atoms with Crippen molar-refractivity contribution < 1.29 is 24.2 Å². The van der Waals surface area contributed by atoms with E-state index in [0.717, 1.165) is 39.0 Å². The summed E-state index contributed by atoms with van der Waals surface area (Å²) in [6.45, 7) is 3.08. The molecular formula is C28H28NO4+. The number of fused-ring (bicyclic) bond motifs is 1. The van der Waals surface area contributed by atoms with Crippen LogP contribution in [0.2, 0.25) is 0 Å². The first-order valence-corrected chi connectivity index (χ1v) is 11.1. The Morgan fingerprint density at radius 2 is 1.61 bits per heavy atom. The van der Waals surface area contributed by atoms with Crippen molar-refractivity contribution in [2.24, 2.45) is 0 Å². The third-order valence-electron chi connectivity index (χ3n) is 5.61. The van der Waals surface area contributed by atoms with Gasteiger partial charge in [-0.3, -0.25) is 5.21 Å². The van der Waals surface area contributed by atoms with Crippen molar-refractivity contribution in [1.29, 1.82) is 0 Å². The fraction of sp³-hybridized carbons (Fsp3) is 0.214. The molecule has 0 bridgehead atoms. The molecule has 0 heterocycles. The minimum atomic E-state index is -0.455. The van der Waals surface area contributed by atoms with Gasteiger partial charge in [0, 0.05) is 5.57 Å². The summed E-state index contributed by atoms with van der Waals surface area (Å²) < 4.78 is 12.3. The van der Waals surface area contributed by atoms with Crippen molar-refractivity contribution >= 4 is 17.3 Å². The molecule has 0 saturated heterocycles. The molecule has 0 saturated carbocycles. The molecule has 1 N–H and O–H groups in total. The fourth-order valence-corrected chi connectivity index (χ4v) is 4.15. The average molecular weight is 443 g/mol. The van der Waals surface area contributed by atoms with E-state index in [1.807, 2.05) is 66.7 Å². The van der Waals surface area contributed by atoms with Crippen molar-refractivity contribution in [3.8, 4) is 0 Å². The molecule has 0 spiro atoms. The van der Waals surface area contributed by atoms with Crippen LogP contribution in [0.1, 0.15) is 34.7 Å². The number of hydrogen-bond donors (Lipinski definition) is 1. The Hall–Kier alpha value is -3.70. The molecule has 0 radical (unpaired) electrons. The van der Waals surface area contributed by atoms with Crippen LogP contribution >= 0.6 is 0 Å². The normalized spacial score (nSPS) is 14.2. The van der Waals surface area contributed by atoms with Gasteiger partial charge >= 0.3 is 5.97 Å². The third kappa shape index (κ3) is 4.89. The van der Waals surface area contributed by atoms with Gasteiger partial charge in [0.2, 0.25) is 0 Å². The van der Waals surface area contributed by atoms with Crippen molar-refractivity contribution in [2.45, 2.75) is 20.0 Å². The van der Waals surface area contributed by atoms with Gasteiger partial charge in [-0.05, 0) is 46.4 Å². The molecule has 168 valence electrons. The number of hydrogen-bond acceptors (Lipinski definition) is 4. The lowest BCUT2D eigenvalue weighted by Crippen LogP contribution is -2.22. The summed E-state index contributed by atoms with van der Waals surface area (Å²) in [6, 6.07) is 25.9. The van der Waals surface area contributed by atoms with Crippen molar-refractivity contribution in [3.05, 3.63) is 112 Å². The summed E-state index contributed by atoms with van der Waals surface area (Å²) in [4.78, 5) is 13.0. The maximum atomic E-state index is 13.0. The first-order chi connectivity index (χ1) is 16.1. The van der Waals surface area contributed by atoms with Gasteiger partial charge in [-0.25, -0.2) is 4.79 Å². The SMILES string of the molecule is CCOC(=O)C1=C(c2ccccc2)c2ccc(COCCc3ccccc3)cc2/C1=[N+](/C)O. The van der Waals surface area contributed by atoms with Crippen molar-refractivity contribution in [2.75, 3.05) is 20.3 Å². The van der Waals surface area contributed by atoms with Crippen LogP contribution in [0, 0.1) is 0 Å². The molecule has 5 heteroatoms. The molecule has 0 fully saturated rings. The summed E-state index contributed by atoms with van der Waals surface area (Å²) in [5, 5.41) is 10.5. The molecule has 3 aromatic rings. The standard InChI is InChI=1S/C28H28NO4/c1-3-33-28(30)26-25(22-12-8-5-9-13-22)23-15-14-21(18-24(23)27(26)29(2)31)19-32-17-16-20-10-6-4-7-11-20/h4-15,18,31H,3,16-17,19H2,1-2H3/q+1/b29-27+. The van der Waals surface area contributed by atoms with E-state index in [-0.39, 0.29) is 6.61 Å². The highest BCUT2D eigenvalue weighted by molar-refractivity contribution is 6.35. The van der Waals surface area contributed by atoms with Gasteiger partial charge in [0.15, 0.2) is 7.05 Å². The van der Waals surface area contributed by atoms with Crippen LogP contribution in [0.25, 0.3) is 5.57 Å². The highest BCUT2D eigenvalue weighted by Gasteiger charge is 2.40. The average Bonchev–Trinajstić information content (AvgIpc) is 3.18. The fourth-order valence-electron chi connectivity index (χ4n) is 4.15. The summed E-state index contributed by atoms with van der Waals surface area (Å²) in [5.74, 6) is -0.455. The van der Waals surface area contributed by atoms with Crippen molar-refractivity contribution in [3.63, 3.8) is 0 Å². The Labute approximate surface area is 194 Å². The molecule has 1 aliphatic carbocycles. The molecule has 3 aromatic carbocycles. The minimum absolute atomic E-state index is 0.254. The number of benzene rings is 3. The number of nitrogens with zero attached hydrogens (tertiary/aromatic N) is 1. The summed E-state index contributed by atoms with van der Waals surface area (Å²) >= 11 is 0. The lowest BCUT2D eigenvalue weighted by atomic mass is 9.97. The van der Waals surface area contributed by atoms with E-state index in [1.54, 1.807) is 6.92 Å². The zero-order valence-electron chi connectivity index (χ0n) is 19.0. The second kappa shape index (κ2) is 10.3. The van der Waals surface area contributed by atoms with E-state index >= 15 is 0 Å². The van der Waals surface area contributed by atoms with Gasteiger partial charge in [0.25, 0.3) is 5.71 Å². The molecule has 5 nitrogen and oxygen atoms in total. The predicted molar refractivity (Wildman–Crippen MR) is 127 cm³/mol. The van der Waals surface area contributed by atoms with Gasteiger partial charge < -0.3 is 9.47 Å². The second-order valence-corrected chi connectivity index (χ2v) is 7.88. The third-order valence-corrected chi connectivity index (χ3v) is 5.61. The summed E-state index contributed by atoms with van der Waals surface area (Å²) in [6.07, 6.45) is 0.843. The second-order valence-electron chi connectivity index (χ2n) is 7.88. The maximum Gasteiger partial charge on any atom is 0.345 e. The van der Waals surface area contributed by atoms with Gasteiger partial charge in [0.1, 0.15) is 5.57 Å². The predicted octanol–water partition coefficient (Wildman–Crippen LogP) is 4.65. The molecule has 0 aliphatic heterocycles. The number of carbonyl (C=O) groups excluding carboxylic acids is 1. The summed E-state index contributed by atoms with van der Waals surface area (Å²) in [5.41, 5.74) is 6.33. The largest absolute Gasteiger partial charge is 0.462 e. The van der Waals surface area contributed by atoms with E-state index < -0.39 is 5.97 Å². The van der Waals surface area contributed by atoms with Crippen LogP contribution < -0.4 is 0 Å². The van der Waals surface area contributed by atoms with Crippen LogP contribution in [0.5, 0.6) is 0 Å². The van der Waals surface area contributed by atoms with Crippen LogP contribution in [-0.2, 0) is 27.3 Å². The number of ether oxygens (including phenoxy) is 2. The zero-order chi connectivity index (χ0) is 23.2. The number of esters is 1. The Kier molecular flexibility index (Phi) is 7.01. The van der Waals surface area contributed by atoms with Crippen LogP contribution in [0.4, 0.5) is 0 Å². The van der Waals surface area contributed by atoms with Gasteiger partial charge in [-0.1, -0.05) is 72.8 Å². The number of hydroxylamine groups is 1. The summed E-state index contributed by atoms with van der Waals surface area (Å²) in [7, 11) is 1.52. The molecular weight excluding hydrogens is 414 g/mol. The van der Waals surface area contributed by atoms with Crippen LogP contribution in [-0.4, -0.2) is 41.9 Å². The Balaban J connectivity index is 1.64. The van der Waals surface area contributed by atoms with E-state index in [1.165, 1.54) is 12.6 Å². The molecule has 0 unspecified atom stereocenters. The van der Waals surface area contributed by atoms with Crippen LogP contribution in [0.3, 0.4) is 0 Å². The van der Waals surface area contributed by atoms with E-state index in [2.05, 4.69) is 12.1 Å². The molecule has 4 rings (SSSR count). The van der Waals surface area contributed by atoms with E-state index in [4.69, 9.17) is 9.47 Å². The lowest BCUT2D eigenvalue weighted by molar-refractivity contribution is -0.753. The van der Waals surface area contributed by atoms with E-state index in [0.29, 0.717) is 24.5 Å². The monoisotopic (exact) mass is 442 g/mol. The molecule has 0 aromatic heterocycles. The molecule has 0 atom stereocenters. The minimum Gasteiger partial charge on any atom is -0.462 e. The van der Waals surface area contributed by atoms with Gasteiger partial charge in [-0.2, -0.15) is 0 Å². The first kappa shape index (κ1) is 22.5. The molecule has 33 heavy (non-hydrogen) atoms. The maximum absolute atomic E-state index is 13.0. The molecule has 1 aliphatic rings. The molecule has 0 amide bonds. The van der Waals surface area contributed by atoms with Crippen molar-refractivity contribution in [1.82, 2.24) is 0 Å². The first-order valence-electron chi connectivity index (χ1n) is 11.1. The topological polar surface area (TPSA) is 58.8 Å².